The summed E-state index contributed by atoms with van der Waals surface area (Å²) in [5.74, 6) is 0.139. The van der Waals surface area contributed by atoms with Crippen molar-refractivity contribution in [3.63, 3.8) is 0 Å². The van der Waals surface area contributed by atoms with E-state index in [-0.39, 0.29) is 10.4 Å². The number of carbonyl (C=O) groups excluding carboxylic acids is 2. The Kier molecular flexibility index (Phi) is 2.88. The fraction of sp³-hybridized carbons (Fsp3) is 0.357. The van der Waals surface area contributed by atoms with Crippen molar-refractivity contribution in [2.24, 2.45) is 11.7 Å². The van der Waals surface area contributed by atoms with Crippen molar-refractivity contribution in [1.29, 1.82) is 0 Å². The number of quaternary nitrogens is 1. The van der Waals surface area contributed by atoms with Gasteiger partial charge in [-0.05, 0) is 12.8 Å². The molecule has 0 bridgehead atoms. The van der Waals surface area contributed by atoms with Crippen LogP contribution in [0.25, 0.3) is 0 Å². The van der Waals surface area contributed by atoms with Crippen molar-refractivity contribution < 1.29 is 9.59 Å². The lowest BCUT2D eigenvalue weighted by atomic mass is 10.1. The first-order chi connectivity index (χ1) is 9.14. The molecule has 1 aliphatic heterocycles. The molecule has 0 aromatic heterocycles. The van der Waals surface area contributed by atoms with E-state index in [1.165, 1.54) is 6.54 Å². The van der Waals surface area contributed by atoms with Crippen molar-refractivity contribution in [2.45, 2.75) is 19.4 Å². The molecule has 3 amide bonds. The van der Waals surface area contributed by atoms with Crippen LogP contribution in [-0.2, 0) is 11.3 Å². The normalized spacial score (nSPS) is 26.6. The fourth-order valence-corrected chi connectivity index (χ4v) is 2.70. The van der Waals surface area contributed by atoms with Gasteiger partial charge in [0.2, 0.25) is 0 Å². The minimum atomic E-state index is -0.593. The van der Waals surface area contributed by atoms with Crippen LogP contribution in [0, 0.1) is 12.5 Å². The molecule has 5 heteroatoms. The summed E-state index contributed by atoms with van der Waals surface area (Å²) in [6.07, 6.45) is 2.13. The van der Waals surface area contributed by atoms with Gasteiger partial charge >= 0.3 is 11.9 Å². The number of nitrogens with one attached hydrogen (secondary N) is 1. The van der Waals surface area contributed by atoms with Crippen LogP contribution in [-0.4, -0.2) is 18.5 Å². The van der Waals surface area contributed by atoms with Crippen molar-refractivity contribution in [1.82, 2.24) is 9.80 Å². The first-order valence-corrected chi connectivity index (χ1v) is 6.52. The molecule has 1 saturated carbocycles. The highest BCUT2D eigenvalue weighted by atomic mass is 16.2. The maximum Gasteiger partial charge on any atom is 0.426 e. The number of carbonyl (C=O) groups is 2. The lowest BCUT2D eigenvalue weighted by Gasteiger charge is -2.30. The Morgan fingerprint density at radius 2 is 2.11 bits per heavy atom. The standard InChI is InChI=1S/C14H16N3O2/c15-14(19)17(9-10-5-6-10)12-4-2-1-3-11(12)7-16-8-13(17)18/h1-4,8,10,16H,5-7,9H2,(H-,15,19)/p+1. The second-order valence-electron chi connectivity index (χ2n) is 5.27. The third-order valence-corrected chi connectivity index (χ3v) is 3.90. The number of amides is 3. The number of nitrogens with zero attached hydrogens (tertiary/aromatic N) is 1. The Hall–Kier alpha value is -1.72. The van der Waals surface area contributed by atoms with Gasteiger partial charge in [0.15, 0.2) is 12.2 Å². The number of para-hydroxylation sites is 1. The molecule has 0 spiro atoms. The Balaban J connectivity index is 2.17. The average molecular weight is 259 g/mol. The fourth-order valence-electron chi connectivity index (χ4n) is 2.70. The molecule has 5 nitrogen and oxygen atoms in total. The van der Waals surface area contributed by atoms with E-state index in [2.05, 4.69) is 5.32 Å². The molecule has 1 aromatic carbocycles. The quantitative estimate of drug-likeness (QED) is 0.786. The number of fused-ring (bicyclic) bond motifs is 1. The van der Waals surface area contributed by atoms with E-state index in [1.807, 2.05) is 24.3 Å². The highest BCUT2D eigenvalue weighted by Crippen LogP contribution is 2.38. The maximum absolute atomic E-state index is 12.5. The van der Waals surface area contributed by atoms with Gasteiger partial charge in [0, 0.05) is 24.1 Å². The van der Waals surface area contributed by atoms with Gasteiger partial charge in [-0.15, -0.1) is 4.48 Å². The second-order valence-corrected chi connectivity index (χ2v) is 5.27. The summed E-state index contributed by atoms with van der Waals surface area (Å²) in [5, 5.41) is 2.96. The van der Waals surface area contributed by atoms with Crippen molar-refractivity contribution >= 4 is 17.6 Å². The van der Waals surface area contributed by atoms with Crippen LogP contribution in [0.3, 0.4) is 0 Å². The minimum Gasteiger partial charge on any atom is -0.318 e. The number of hydrogen-bond donors (Lipinski definition) is 2. The van der Waals surface area contributed by atoms with Gasteiger partial charge in [-0.2, -0.15) is 0 Å². The van der Waals surface area contributed by atoms with Gasteiger partial charge in [0.25, 0.3) is 0 Å². The number of hydrogen-bond acceptors (Lipinski definition) is 3. The zero-order chi connectivity index (χ0) is 13.5. The molecule has 1 atom stereocenters. The molecular weight excluding hydrogens is 242 g/mol. The van der Waals surface area contributed by atoms with E-state index in [0.29, 0.717) is 24.7 Å². The summed E-state index contributed by atoms with van der Waals surface area (Å²) in [6, 6.07) is 6.92. The molecule has 3 rings (SSSR count). The molecule has 99 valence electrons. The van der Waals surface area contributed by atoms with Crippen molar-refractivity contribution in [2.75, 3.05) is 6.54 Å². The molecule has 1 heterocycles. The van der Waals surface area contributed by atoms with Crippen molar-refractivity contribution in [3.05, 3.63) is 36.4 Å². The monoisotopic (exact) mass is 259 g/mol. The maximum atomic E-state index is 12.5. The van der Waals surface area contributed by atoms with E-state index in [9.17, 15) is 9.59 Å². The van der Waals surface area contributed by atoms with E-state index in [1.54, 1.807) is 0 Å². The van der Waals surface area contributed by atoms with Crippen LogP contribution < -0.4 is 15.5 Å². The predicted octanol–water partition coefficient (Wildman–Crippen LogP) is 1.27. The smallest absolute Gasteiger partial charge is 0.318 e. The number of rotatable bonds is 2. The highest BCUT2D eigenvalue weighted by molar-refractivity contribution is 6.11. The van der Waals surface area contributed by atoms with Gasteiger partial charge in [-0.25, -0.2) is 9.59 Å². The minimum absolute atomic E-state index is 0.274. The van der Waals surface area contributed by atoms with Gasteiger partial charge in [0.05, 0.1) is 0 Å². The molecule has 1 radical (unpaired) electrons. The van der Waals surface area contributed by atoms with Crippen LogP contribution >= 0.6 is 0 Å². The molecule has 0 saturated heterocycles. The van der Waals surface area contributed by atoms with Gasteiger partial charge in [0.1, 0.15) is 6.54 Å². The van der Waals surface area contributed by atoms with E-state index in [4.69, 9.17) is 5.73 Å². The lowest BCUT2D eigenvalue weighted by molar-refractivity contribution is -0.124. The number of nitrogens with two attached hydrogens (primary N) is 1. The summed E-state index contributed by atoms with van der Waals surface area (Å²) < 4.78 is -0.381. The predicted molar refractivity (Wildman–Crippen MR) is 71.6 cm³/mol. The first kappa shape index (κ1) is 12.3. The summed E-state index contributed by atoms with van der Waals surface area (Å²) in [4.78, 5) is 24.5. The SMILES string of the molecule is NC(=O)[N+]1(CC2CC2)C(=O)[CH]NCc2ccccc21. The first-order valence-electron chi connectivity index (χ1n) is 6.52. The van der Waals surface area contributed by atoms with Crippen LogP contribution in [0.4, 0.5) is 10.5 Å². The molecule has 1 unspecified atom stereocenters. The molecular formula is C14H17N3O2+. The van der Waals surface area contributed by atoms with Crippen LogP contribution in [0.2, 0.25) is 0 Å². The van der Waals surface area contributed by atoms with Crippen LogP contribution in [0.1, 0.15) is 18.4 Å². The molecule has 3 N–H and O–H groups in total. The zero-order valence-corrected chi connectivity index (χ0v) is 10.6. The topological polar surface area (TPSA) is 72.2 Å². The molecule has 1 fully saturated rings. The van der Waals surface area contributed by atoms with Gasteiger partial charge in [-0.1, -0.05) is 18.2 Å². The van der Waals surface area contributed by atoms with Crippen molar-refractivity contribution in [3.8, 4) is 0 Å². The Labute approximate surface area is 112 Å². The Bertz CT molecular complexity index is 539. The Morgan fingerprint density at radius 1 is 1.37 bits per heavy atom. The van der Waals surface area contributed by atoms with E-state index in [0.717, 1.165) is 18.4 Å². The third-order valence-electron chi connectivity index (χ3n) is 3.90. The molecule has 1 aliphatic carbocycles. The molecule has 19 heavy (non-hydrogen) atoms. The number of imide groups is 1. The van der Waals surface area contributed by atoms with Gasteiger partial charge in [-0.3, -0.25) is 5.32 Å². The van der Waals surface area contributed by atoms with E-state index < -0.39 is 6.03 Å². The van der Waals surface area contributed by atoms with Gasteiger partial charge < -0.3 is 5.73 Å². The number of primary amides is 1. The Morgan fingerprint density at radius 3 is 2.79 bits per heavy atom. The highest BCUT2D eigenvalue weighted by Gasteiger charge is 2.51. The number of benzene rings is 1. The summed E-state index contributed by atoms with van der Waals surface area (Å²) in [6.45, 7) is 2.40. The lowest BCUT2D eigenvalue weighted by Crippen LogP contribution is -2.62. The largest absolute Gasteiger partial charge is 0.426 e. The molecule has 1 aromatic rings. The third kappa shape index (κ3) is 1.95. The second kappa shape index (κ2) is 4.43. The average Bonchev–Trinajstić information content (AvgIpc) is 3.20. The van der Waals surface area contributed by atoms with Crippen LogP contribution in [0.5, 0.6) is 0 Å². The summed E-state index contributed by atoms with van der Waals surface area (Å²) >= 11 is 0. The molecule has 2 aliphatic rings. The zero-order valence-electron chi connectivity index (χ0n) is 10.6. The summed E-state index contributed by atoms with van der Waals surface area (Å²) in [5.41, 5.74) is 7.28. The number of urea groups is 1. The van der Waals surface area contributed by atoms with Crippen LogP contribution in [0.15, 0.2) is 24.3 Å². The van der Waals surface area contributed by atoms with E-state index >= 15 is 0 Å². The summed E-state index contributed by atoms with van der Waals surface area (Å²) in [7, 11) is 0.